The maximum absolute atomic E-state index is 9.69. The second-order valence-corrected chi connectivity index (χ2v) is 3.87. The molecule has 2 fully saturated rings. The van der Waals surface area contributed by atoms with Gasteiger partial charge in [0.1, 0.15) is 0 Å². The SMILES string of the molecule is OC1C2CCCCC1CC2. The van der Waals surface area contributed by atoms with E-state index in [-0.39, 0.29) is 6.10 Å². The maximum atomic E-state index is 9.69. The molecule has 2 aliphatic rings. The number of hydrogen-bond donors (Lipinski definition) is 1. The summed E-state index contributed by atoms with van der Waals surface area (Å²) in [5.74, 6) is 1.35. The van der Waals surface area contributed by atoms with Crippen LogP contribution in [-0.4, -0.2) is 11.2 Å². The van der Waals surface area contributed by atoms with Gasteiger partial charge in [0.25, 0.3) is 0 Å². The Morgan fingerprint density at radius 3 is 1.80 bits per heavy atom. The summed E-state index contributed by atoms with van der Waals surface area (Å²) < 4.78 is 0. The van der Waals surface area contributed by atoms with Crippen LogP contribution in [0.15, 0.2) is 0 Å². The van der Waals surface area contributed by atoms with Crippen LogP contribution in [-0.2, 0) is 0 Å². The molecule has 0 saturated heterocycles. The fourth-order valence-electron chi connectivity index (χ4n) is 2.60. The third kappa shape index (κ3) is 0.968. The molecule has 0 radical (unpaired) electrons. The molecule has 0 spiro atoms. The van der Waals surface area contributed by atoms with Crippen LogP contribution in [0.4, 0.5) is 0 Å². The van der Waals surface area contributed by atoms with Crippen molar-refractivity contribution in [3.05, 3.63) is 0 Å². The highest BCUT2D eigenvalue weighted by atomic mass is 16.3. The van der Waals surface area contributed by atoms with E-state index in [4.69, 9.17) is 0 Å². The molecule has 2 aliphatic carbocycles. The molecule has 0 amide bonds. The number of aliphatic hydroxyl groups is 1. The van der Waals surface area contributed by atoms with Gasteiger partial charge in [0.15, 0.2) is 0 Å². The highest BCUT2D eigenvalue weighted by Gasteiger charge is 2.35. The molecule has 1 heteroatoms. The number of rotatable bonds is 0. The second kappa shape index (κ2) is 2.54. The Morgan fingerprint density at radius 1 is 0.800 bits per heavy atom. The van der Waals surface area contributed by atoms with Gasteiger partial charge in [0.2, 0.25) is 0 Å². The lowest BCUT2D eigenvalue weighted by atomic mass is 10.0. The molecular weight excluding hydrogens is 124 g/mol. The van der Waals surface area contributed by atoms with Crippen LogP contribution in [0.25, 0.3) is 0 Å². The van der Waals surface area contributed by atoms with Gasteiger partial charge in [-0.15, -0.1) is 0 Å². The first-order chi connectivity index (χ1) is 4.88. The first-order valence-corrected chi connectivity index (χ1v) is 4.56. The first kappa shape index (κ1) is 6.66. The molecule has 1 nitrogen and oxygen atoms in total. The molecule has 2 rings (SSSR count). The normalized spacial score (nSPS) is 47.1. The molecule has 0 heterocycles. The van der Waals surface area contributed by atoms with Crippen LogP contribution < -0.4 is 0 Å². The van der Waals surface area contributed by atoms with Crippen molar-refractivity contribution in [3.63, 3.8) is 0 Å². The van der Waals surface area contributed by atoms with Crippen LogP contribution in [0.2, 0.25) is 0 Å². The van der Waals surface area contributed by atoms with Gasteiger partial charge in [-0.2, -0.15) is 0 Å². The summed E-state index contributed by atoms with van der Waals surface area (Å²) in [5.41, 5.74) is 0. The smallest absolute Gasteiger partial charge is 0.0596 e. The minimum atomic E-state index is 0.0718. The van der Waals surface area contributed by atoms with Crippen LogP contribution >= 0.6 is 0 Å². The fraction of sp³-hybridized carbons (Fsp3) is 1.00. The molecule has 0 aromatic heterocycles. The van der Waals surface area contributed by atoms with Gasteiger partial charge in [-0.25, -0.2) is 0 Å². The van der Waals surface area contributed by atoms with E-state index in [2.05, 4.69) is 0 Å². The Hall–Kier alpha value is -0.0400. The first-order valence-electron chi connectivity index (χ1n) is 4.56. The summed E-state index contributed by atoms with van der Waals surface area (Å²) >= 11 is 0. The van der Waals surface area contributed by atoms with Crippen molar-refractivity contribution in [1.82, 2.24) is 0 Å². The van der Waals surface area contributed by atoms with Gasteiger partial charge in [-0.05, 0) is 37.5 Å². The van der Waals surface area contributed by atoms with Crippen molar-refractivity contribution >= 4 is 0 Å². The summed E-state index contributed by atoms with van der Waals surface area (Å²) in [7, 11) is 0. The fourth-order valence-corrected chi connectivity index (χ4v) is 2.60. The van der Waals surface area contributed by atoms with Crippen molar-refractivity contribution in [2.75, 3.05) is 0 Å². The van der Waals surface area contributed by atoms with Crippen molar-refractivity contribution < 1.29 is 5.11 Å². The van der Waals surface area contributed by atoms with Crippen molar-refractivity contribution in [2.45, 2.75) is 44.6 Å². The van der Waals surface area contributed by atoms with Crippen LogP contribution in [0.1, 0.15) is 38.5 Å². The second-order valence-electron chi connectivity index (χ2n) is 3.87. The monoisotopic (exact) mass is 140 g/mol. The number of aliphatic hydroxyl groups excluding tert-OH is 1. The molecule has 1 N–H and O–H groups in total. The largest absolute Gasteiger partial charge is 0.393 e. The lowest BCUT2D eigenvalue weighted by molar-refractivity contribution is 0.0936. The zero-order valence-corrected chi connectivity index (χ0v) is 6.42. The molecule has 10 heavy (non-hydrogen) atoms. The quantitative estimate of drug-likeness (QED) is 0.545. The third-order valence-corrected chi connectivity index (χ3v) is 3.27. The minimum Gasteiger partial charge on any atom is -0.393 e. The molecule has 0 aromatic rings. The van der Waals surface area contributed by atoms with Gasteiger partial charge in [0, 0.05) is 0 Å². The lowest BCUT2D eigenvalue weighted by Crippen LogP contribution is -2.18. The van der Waals surface area contributed by atoms with E-state index in [0.717, 1.165) is 0 Å². The highest BCUT2D eigenvalue weighted by molar-refractivity contribution is 4.86. The van der Waals surface area contributed by atoms with Crippen LogP contribution in [0.5, 0.6) is 0 Å². The van der Waals surface area contributed by atoms with Crippen molar-refractivity contribution in [1.29, 1.82) is 0 Å². The van der Waals surface area contributed by atoms with E-state index in [0.29, 0.717) is 11.8 Å². The molecule has 2 bridgehead atoms. The summed E-state index contributed by atoms with van der Waals surface area (Å²) in [6.45, 7) is 0. The van der Waals surface area contributed by atoms with Crippen molar-refractivity contribution in [2.24, 2.45) is 11.8 Å². The minimum absolute atomic E-state index is 0.0718. The summed E-state index contributed by atoms with van der Waals surface area (Å²) in [4.78, 5) is 0. The molecule has 2 atom stereocenters. The standard InChI is InChI=1S/C9H16O/c10-9-7-3-1-2-4-8(9)6-5-7/h7-10H,1-6H2. The van der Waals surface area contributed by atoms with E-state index in [1.807, 2.05) is 0 Å². The predicted octanol–water partition coefficient (Wildman–Crippen LogP) is 1.95. The molecule has 0 aromatic carbocycles. The van der Waals surface area contributed by atoms with Crippen LogP contribution in [0, 0.1) is 11.8 Å². The van der Waals surface area contributed by atoms with Gasteiger partial charge in [-0.1, -0.05) is 12.8 Å². The Kier molecular flexibility index (Phi) is 1.69. The van der Waals surface area contributed by atoms with E-state index in [1.54, 1.807) is 0 Å². The zero-order chi connectivity index (χ0) is 6.97. The number of fused-ring (bicyclic) bond motifs is 2. The van der Waals surface area contributed by atoms with Crippen LogP contribution in [0.3, 0.4) is 0 Å². The van der Waals surface area contributed by atoms with Gasteiger partial charge >= 0.3 is 0 Å². The van der Waals surface area contributed by atoms with Crippen molar-refractivity contribution in [3.8, 4) is 0 Å². The lowest BCUT2D eigenvalue weighted by Gasteiger charge is -2.14. The molecule has 0 aliphatic heterocycles. The highest BCUT2D eigenvalue weighted by Crippen LogP contribution is 2.40. The third-order valence-electron chi connectivity index (χ3n) is 3.27. The van der Waals surface area contributed by atoms with Gasteiger partial charge in [-0.3, -0.25) is 0 Å². The van der Waals surface area contributed by atoms with E-state index in [9.17, 15) is 5.11 Å². The van der Waals surface area contributed by atoms with Gasteiger partial charge < -0.3 is 5.11 Å². The number of hydrogen-bond acceptors (Lipinski definition) is 1. The molecular formula is C9H16O. The Bertz CT molecular complexity index is 108. The van der Waals surface area contributed by atoms with E-state index < -0.39 is 0 Å². The average Bonchev–Trinajstić information content (AvgIpc) is 2.06. The summed E-state index contributed by atoms with van der Waals surface area (Å²) in [6, 6.07) is 0. The maximum Gasteiger partial charge on any atom is 0.0596 e. The molecule has 2 saturated carbocycles. The van der Waals surface area contributed by atoms with E-state index >= 15 is 0 Å². The van der Waals surface area contributed by atoms with E-state index in [1.165, 1.54) is 38.5 Å². The zero-order valence-electron chi connectivity index (χ0n) is 6.42. The van der Waals surface area contributed by atoms with Gasteiger partial charge in [0.05, 0.1) is 6.10 Å². The molecule has 2 unspecified atom stereocenters. The summed E-state index contributed by atoms with van der Waals surface area (Å²) in [6.07, 6.45) is 7.96. The Morgan fingerprint density at radius 2 is 1.30 bits per heavy atom. The summed E-state index contributed by atoms with van der Waals surface area (Å²) in [5, 5.41) is 9.69. The Balaban J connectivity index is 2.07. The topological polar surface area (TPSA) is 20.2 Å². The average molecular weight is 140 g/mol. The Labute approximate surface area is 62.4 Å². The predicted molar refractivity (Wildman–Crippen MR) is 40.7 cm³/mol. The molecule has 58 valence electrons.